The molecule has 0 aromatic heterocycles. The SMILES string of the molecule is CC(C)(N)C(=O)O.O=C(O)C(=O)O.OCC1CCNCC1. The van der Waals surface area contributed by atoms with Gasteiger partial charge in [-0.25, -0.2) is 9.59 Å². The smallest absolute Gasteiger partial charge is 0.414 e. The van der Waals surface area contributed by atoms with E-state index in [-0.39, 0.29) is 0 Å². The predicted octanol–water partition coefficient (Wildman–Crippen LogP) is -1.06. The van der Waals surface area contributed by atoms with E-state index >= 15 is 0 Å². The van der Waals surface area contributed by atoms with Gasteiger partial charge in [0.25, 0.3) is 0 Å². The lowest BCUT2D eigenvalue weighted by Gasteiger charge is -2.19. The minimum Gasteiger partial charge on any atom is -0.480 e. The first-order valence-corrected chi connectivity index (χ1v) is 6.32. The maximum atomic E-state index is 9.90. The highest BCUT2D eigenvalue weighted by Gasteiger charge is 2.19. The van der Waals surface area contributed by atoms with Crippen molar-refractivity contribution in [3.63, 3.8) is 0 Å². The summed E-state index contributed by atoms with van der Waals surface area (Å²) in [7, 11) is 0. The third-order valence-electron chi connectivity index (χ3n) is 2.45. The summed E-state index contributed by atoms with van der Waals surface area (Å²) in [6.07, 6.45) is 2.30. The molecule has 124 valence electrons. The van der Waals surface area contributed by atoms with Crippen LogP contribution >= 0.6 is 0 Å². The molecule has 1 saturated heterocycles. The number of aliphatic hydroxyl groups excluding tert-OH is 1. The van der Waals surface area contributed by atoms with Crippen molar-refractivity contribution >= 4 is 17.9 Å². The van der Waals surface area contributed by atoms with Crippen LogP contribution < -0.4 is 11.1 Å². The van der Waals surface area contributed by atoms with Crippen molar-refractivity contribution in [3.05, 3.63) is 0 Å². The highest BCUT2D eigenvalue weighted by atomic mass is 16.4. The van der Waals surface area contributed by atoms with Crippen LogP contribution in [0.15, 0.2) is 0 Å². The summed E-state index contributed by atoms with van der Waals surface area (Å²) >= 11 is 0. The van der Waals surface area contributed by atoms with Gasteiger partial charge in [0, 0.05) is 6.61 Å². The fourth-order valence-corrected chi connectivity index (χ4v) is 1.06. The van der Waals surface area contributed by atoms with Crippen LogP contribution in [-0.2, 0) is 14.4 Å². The van der Waals surface area contributed by atoms with Crippen LogP contribution in [0.3, 0.4) is 0 Å². The van der Waals surface area contributed by atoms with E-state index in [2.05, 4.69) is 5.32 Å². The lowest BCUT2D eigenvalue weighted by molar-refractivity contribution is -0.159. The molecule has 0 amide bonds. The van der Waals surface area contributed by atoms with Crippen molar-refractivity contribution in [1.29, 1.82) is 0 Å². The van der Waals surface area contributed by atoms with Gasteiger partial charge in [-0.3, -0.25) is 4.79 Å². The van der Waals surface area contributed by atoms with Crippen molar-refractivity contribution in [1.82, 2.24) is 5.32 Å². The summed E-state index contributed by atoms with van der Waals surface area (Å²) in [6, 6.07) is 0. The van der Waals surface area contributed by atoms with Crippen LogP contribution in [0.4, 0.5) is 0 Å². The van der Waals surface area contributed by atoms with Crippen LogP contribution in [0.5, 0.6) is 0 Å². The third-order valence-corrected chi connectivity index (χ3v) is 2.45. The summed E-state index contributed by atoms with van der Waals surface area (Å²) in [6.45, 7) is 5.43. The van der Waals surface area contributed by atoms with Gasteiger partial charge in [-0.1, -0.05) is 0 Å². The molecule has 0 aromatic rings. The molecular formula is C12H24N2O7. The maximum Gasteiger partial charge on any atom is 0.414 e. The molecule has 0 radical (unpaired) electrons. The Morgan fingerprint density at radius 3 is 1.57 bits per heavy atom. The van der Waals surface area contributed by atoms with Gasteiger partial charge in [0.05, 0.1) is 0 Å². The standard InChI is InChI=1S/C6H13NO.C4H9NO2.C2H2O4/c8-5-6-1-3-7-4-2-6;1-4(2,5)3(6)7;3-1(4)2(5)6/h6-8H,1-5H2;5H2,1-2H3,(H,6,7);(H,3,4)(H,5,6). The molecule has 9 heteroatoms. The lowest BCUT2D eigenvalue weighted by Crippen LogP contribution is -2.41. The fraction of sp³-hybridized carbons (Fsp3) is 0.750. The number of aliphatic carboxylic acids is 3. The van der Waals surface area contributed by atoms with Crippen LogP contribution in [-0.4, -0.2) is 63.6 Å². The lowest BCUT2D eigenvalue weighted by atomic mass is 10.00. The van der Waals surface area contributed by atoms with Gasteiger partial charge >= 0.3 is 17.9 Å². The molecule has 21 heavy (non-hydrogen) atoms. The van der Waals surface area contributed by atoms with E-state index in [1.165, 1.54) is 13.8 Å². The average Bonchev–Trinajstić information content (AvgIpc) is 2.40. The zero-order valence-electron chi connectivity index (χ0n) is 12.2. The van der Waals surface area contributed by atoms with Crippen LogP contribution in [0.1, 0.15) is 26.7 Å². The zero-order chi connectivity index (χ0) is 17.1. The van der Waals surface area contributed by atoms with Gasteiger partial charge in [0.15, 0.2) is 0 Å². The van der Waals surface area contributed by atoms with Gasteiger partial charge in [-0.2, -0.15) is 0 Å². The summed E-state index contributed by atoms with van der Waals surface area (Å²) in [5.41, 5.74) is 4.00. The molecule has 0 atom stereocenters. The van der Waals surface area contributed by atoms with Gasteiger partial charge < -0.3 is 31.5 Å². The first-order chi connectivity index (χ1) is 9.52. The van der Waals surface area contributed by atoms with Crippen molar-refractivity contribution < 1.29 is 34.8 Å². The number of carboxylic acids is 3. The molecule has 0 saturated carbocycles. The number of carbonyl (C=O) groups is 3. The van der Waals surface area contributed by atoms with E-state index in [4.69, 9.17) is 35.7 Å². The second-order valence-corrected chi connectivity index (χ2v) is 5.01. The molecule has 0 aromatic carbocycles. The molecule has 7 N–H and O–H groups in total. The van der Waals surface area contributed by atoms with Crippen molar-refractivity contribution in [2.45, 2.75) is 32.2 Å². The van der Waals surface area contributed by atoms with E-state index in [1.807, 2.05) is 0 Å². The Hall–Kier alpha value is -1.71. The second kappa shape index (κ2) is 11.0. The normalized spacial score (nSPS) is 14.9. The first kappa shape index (κ1) is 21.6. The van der Waals surface area contributed by atoms with Crippen LogP contribution in [0.2, 0.25) is 0 Å². The molecule has 1 heterocycles. The quantitative estimate of drug-likeness (QED) is 0.348. The van der Waals surface area contributed by atoms with Gasteiger partial charge in [-0.05, 0) is 45.7 Å². The van der Waals surface area contributed by atoms with E-state index in [0.717, 1.165) is 25.9 Å². The van der Waals surface area contributed by atoms with Crippen LogP contribution in [0.25, 0.3) is 0 Å². The number of nitrogens with two attached hydrogens (primary N) is 1. The Kier molecular flexibility index (Phi) is 11.3. The number of piperidine rings is 1. The molecule has 1 rings (SSSR count). The van der Waals surface area contributed by atoms with Crippen molar-refractivity contribution in [2.24, 2.45) is 11.7 Å². The van der Waals surface area contributed by atoms with E-state index in [9.17, 15) is 4.79 Å². The molecule has 0 bridgehead atoms. The van der Waals surface area contributed by atoms with E-state index < -0.39 is 23.4 Å². The molecule has 1 aliphatic rings. The number of carboxylic acid groups (broad SMARTS) is 3. The number of hydrogen-bond acceptors (Lipinski definition) is 6. The Bertz CT molecular complexity index is 321. The molecule has 9 nitrogen and oxygen atoms in total. The minimum absolute atomic E-state index is 0.377. The van der Waals surface area contributed by atoms with Gasteiger partial charge in [-0.15, -0.1) is 0 Å². The second-order valence-electron chi connectivity index (χ2n) is 5.01. The Morgan fingerprint density at radius 2 is 1.43 bits per heavy atom. The highest BCUT2D eigenvalue weighted by molar-refractivity contribution is 6.27. The summed E-state index contributed by atoms with van der Waals surface area (Å²) in [5.74, 6) is -4.05. The van der Waals surface area contributed by atoms with Crippen LogP contribution in [0, 0.1) is 5.92 Å². The highest BCUT2D eigenvalue weighted by Crippen LogP contribution is 2.08. The maximum absolute atomic E-state index is 9.90. The fourth-order valence-electron chi connectivity index (χ4n) is 1.06. The molecule has 0 aliphatic carbocycles. The minimum atomic E-state index is -1.82. The van der Waals surface area contributed by atoms with Gasteiger partial charge in [0.2, 0.25) is 0 Å². The van der Waals surface area contributed by atoms with Crippen molar-refractivity contribution in [2.75, 3.05) is 19.7 Å². The van der Waals surface area contributed by atoms with Crippen molar-refractivity contribution in [3.8, 4) is 0 Å². The van der Waals surface area contributed by atoms with E-state index in [1.54, 1.807) is 0 Å². The molecule has 1 aliphatic heterocycles. The average molecular weight is 308 g/mol. The Balaban J connectivity index is 0. The van der Waals surface area contributed by atoms with E-state index in [0.29, 0.717) is 12.5 Å². The third kappa shape index (κ3) is 14.5. The molecular weight excluding hydrogens is 284 g/mol. The Labute approximate surface area is 122 Å². The molecule has 1 fully saturated rings. The number of hydrogen-bond donors (Lipinski definition) is 6. The number of rotatable bonds is 2. The largest absolute Gasteiger partial charge is 0.480 e. The number of aliphatic hydroxyl groups is 1. The Morgan fingerprint density at radius 1 is 1.10 bits per heavy atom. The monoisotopic (exact) mass is 308 g/mol. The number of nitrogens with one attached hydrogen (secondary N) is 1. The summed E-state index contributed by atoms with van der Waals surface area (Å²) in [4.78, 5) is 28.1. The van der Waals surface area contributed by atoms with Gasteiger partial charge in [0.1, 0.15) is 5.54 Å². The molecule has 0 unspecified atom stereocenters. The topological polar surface area (TPSA) is 170 Å². The summed E-state index contributed by atoms with van der Waals surface area (Å²) < 4.78 is 0. The molecule has 0 spiro atoms. The zero-order valence-corrected chi connectivity index (χ0v) is 12.2. The first-order valence-electron chi connectivity index (χ1n) is 6.32. The predicted molar refractivity (Wildman–Crippen MR) is 73.9 cm³/mol. The summed E-state index contributed by atoms with van der Waals surface area (Å²) in [5, 5.41) is 34.8.